The molecule has 19 heavy (non-hydrogen) atoms. The molecule has 4 heteroatoms. The normalized spacial score (nSPS) is 27.3. The van der Waals surface area contributed by atoms with Crippen molar-refractivity contribution in [1.82, 2.24) is 9.97 Å². The average molecular weight is 263 g/mol. The first-order chi connectivity index (χ1) is 9.06. The number of rotatable bonds is 4. The number of ether oxygens (including phenoxy) is 1. The molecule has 3 unspecified atom stereocenters. The topological polar surface area (TPSA) is 47.0 Å². The minimum Gasteiger partial charge on any atom is -0.475 e. The van der Waals surface area contributed by atoms with Gasteiger partial charge in [-0.3, -0.25) is 0 Å². The maximum Gasteiger partial charge on any atom is 0.218 e. The maximum atomic E-state index is 5.60. The molecule has 0 spiro atoms. The number of nitrogens with one attached hydrogen (secondary N) is 1. The predicted octanol–water partition coefficient (Wildman–Crippen LogP) is 3.50. The minimum absolute atomic E-state index is 0.136. The monoisotopic (exact) mass is 263 g/mol. The standard InChI is InChI=1S/C15H25N3O/c1-10(2)19-15-8-14(16-9-17-15)18-13-7-5-6-11(3)12(13)4/h8-13H,5-7H2,1-4H3,(H,16,17,18). The van der Waals surface area contributed by atoms with Crippen LogP contribution in [0.15, 0.2) is 12.4 Å². The summed E-state index contributed by atoms with van der Waals surface area (Å²) < 4.78 is 5.60. The zero-order valence-corrected chi connectivity index (χ0v) is 12.4. The number of hydrogen-bond donors (Lipinski definition) is 1. The van der Waals surface area contributed by atoms with Gasteiger partial charge in [0, 0.05) is 12.1 Å². The van der Waals surface area contributed by atoms with E-state index >= 15 is 0 Å². The van der Waals surface area contributed by atoms with Crippen molar-refractivity contribution < 1.29 is 4.74 Å². The van der Waals surface area contributed by atoms with Gasteiger partial charge < -0.3 is 10.1 Å². The molecule has 0 bridgehead atoms. The van der Waals surface area contributed by atoms with Gasteiger partial charge in [-0.05, 0) is 32.1 Å². The Morgan fingerprint density at radius 3 is 2.79 bits per heavy atom. The molecular formula is C15H25N3O. The lowest BCUT2D eigenvalue weighted by molar-refractivity contribution is 0.232. The highest BCUT2D eigenvalue weighted by Gasteiger charge is 2.27. The van der Waals surface area contributed by atoms with Crippen molar-refractivity contribution >= 4 is 5.82 Å². The lowest BCUT2D eigenvalue weighted by atomic mass is 9.78. The van der Waals surface area contributed by atoms with Gasteiger partial charge in [0.15, 0.2) is 0 Å². The predicted molar refractivity (Wildman–Crippen MR) is 77.4 cm³/mol. The Morgan fingerprint density at radius 1 is 1.26 bits per heavy atom. The van der Waals surface area contributed by atoms with Gasteiger partial charge in [-0.25, -0.2) is 9.97 Å². The average Bonchev–Trinajstić information content (AvgIpc) is 2.35. The summed E-state index contributed by atoms with van der Waals surface area (Å²) in [6.45, 7) is 8.67. The number of anilines is 1. The van der Waals surface area contributed by atoms with Crippen LogP contribution in [-0.2, 0) is 0 Å². The van der Waals surface area contributed by atoms with Crippen molar-refractivity contribution in [1.29, 1.82) is 0 Å². The molecule has 1 N–H and O–H groups in total. The highest BCUT2D eigenvalue weighted by atomic mass is 16.5. The summed E-state index contributed by atoms with van der Waals surface area (Å²) >= 11 is 0. The minimum atomic E-state index is 0.136. The summed E-state index contributed by atoms with van der Waals surface area (Å²) in [5, 5.41) is 3.54. The molecule has 4 nitrogen and oxygen atoms in total. The van der Waals surface area contributed by atoms with E-state index in [1.54, 1.807) is 6.33 Å². The summed E-state index contributed by atoms with van der Waals surface area (Å²) in [7, 11) is 0. The first-order valence-corrected chi connectivity index (χ1v) is 7.31. The van der Waals surface area contributed by atoms with Gasteiger partial charge >= 0.3 is 0 Å². The van der Waals surface area contributed by atoms with Gasteiger partial charge in [-0.15, -0.1) is 0 Å². The number of aromatic nitrogens is 2. The second-order valence-corrected chi connectivity index (χ2v) is 5.93. The van der Waals surface area contributed by atoms with Crippen molar-refractivity contribution in [3.05, 3.63) is 12.4 Å². The van der Waals surface area contributed by atoms with Crippen molar-refractivity contribution in [2.75, 3.05) is 5.32 Å². The van der Waals surface area contributed by atoms with Crippen molar-refractivity contribution in [2.45, 2.75) is 59.1 Å². The molecule has 1 saturated carbocycles. The van der Waals surface area contributed by atoms with Crippen molar-refractivity contribution in [2.24, 2.45) is 11.8 Å². The first-order valence-electron chi connectivity index (χ1n) is 7.31. The first kappa shape index (κ1) is 14.1. The van der Waals surface area contributed by atoms with E-state index in [1.165, 1.54) is 19.3 Å². The van der Waals surface area contributed by atoms with Crippen molar-refractivity contribution in [3.8, 4) is 5.88 Å². The highest BCUT2D eigenvalue weighted by molar-refractivity contribution is 5.38. The van der Waals surface area contributed by atoms with Crippen molar-refractivity contribution in [3.63, 3.8) is 0 Å². The second-order valence-electron chi connectivity index (χ2n) is 5.93. The SMILES string of the molecule is CC(C)Oc1cc(NC2CCCC(C)C2C)ncn1. The molecule has 3 atom stereocenters. The quantitative estimate of drug-likeness (QED) is 0.903. The van der Waals surface area contributed by atoms with Crippen LogP contribution in [0.25, 0.3) is 0 Å². The Bertz CT molecular complexity index is 408. The van der Waals surface area contributed by atoms with Crippen LogP contribution in [0.1, 0.15) is 47.0 Å². The molecule has 1 aliphatic carbocycles. The third kappa shape index (κ3) is 3.82. The van der Waals surface area contributed by atoms with Crippen LogP contribution in [0, 0.1) is 11.8 Å². The van der Waals surface area contributed by atoms with E-state index in [2.05, 4.69) is 29.1 Å². The molecule has 1 aromatic heterocycles. The van der Waals surface area contributed by atoms with Gasteiger partial charge in [0.1, 0.15) is 12.1 Å². The van der Waals surface area contributed by atoms with Gasteiger partial charge in [0.25, 0.3) is 0 Å². The Labute approximate surface area is 116 Å². The summed E-state index contributed by atoms with van der Waals surface area (Å²) in [5.41, 5.74) is 0. The van der Waals surface area contributed by atoms with Gasteiger partial charge in [-0.1, -0.05) is 26.7 Å². The largest absolute Gasteiger partial charge is 0.475 e. The van der Waals surface area contributed by atoms with Crippen LogP contribution >= 0.6 is 0 Å². The van der Waals surface area contributed by atoms with E-state index in [0.717, 1.165) is 11.7 Å². The zero-order valence-electron chi connectivity index (χ0n) is 12.4. The molecule has 1 heterocycles. The van der Waals surface area contributed by atoms with Crippen LogP contribution in [0.4, 0.5) is 5.82 Å². The molecule has 2 rings (SSSR count). The molecule has 0 radical (unpaired) electrons. The number of nitrogens with zero attached hydrogens (tertiary/aromatic N) is 2. The third-order valence-corrected chi connectivity index (χ3v) is 4.04. The molecule has 1 fully saturated rings. The zero-order chi connectivity index (χ0) is 13.8. The van der Waals surface area contributed by atoms with Crippen LogP contribution in [-0.4, -0.2) is 22.1 Å². The molecule has 0 aliphatic heterocycles. The van der Waals surface area contributed by atoms with Crippen LogP contribution in [0.2, 0.25) is 0 Å². The van der Waals surface area contributed by atoms with Gasteiger partial charge in [-0.2, -0.15) is 0 Å². The smallest absolute Gasteiger partial charge is 0.218 e. The van der Waals surface area contributed by atoms with Gasteiger partial charge in [0.2, 0.25) is 5.88 Å². The molecule has 0 amide bonds. The molecular weight excluding hydrogens is 238 g/mol. The Hall–Kier alpha value is -1.32. The second kappa shape index (κ2) is 6.22. The lowest BCUT2D eigenvalue weighted by Gasteiger charge is -2.34. The van der Waals surface area contributed by atoms with Crippen LogP contribution in [0.5, 0.6) is 5.88 Å². The summed E-state index contributed by atoms with van der Waals surface area (Å²) in [4.78, 5) is 8.43. The molecule has 106 valence electrons. The molecule has 1 aromatic rings. The molecule has 0 saturated heterocycles. The maximum absolute atomic E-state index is 5.60. The van der Waals surface area contributed by atoms with E-state index in [4.69, 9.17) is 4.74 Å². The Balaban J connectivity index is 2.02. The van der Waals surface area contributed by atoms with E-state index in [1.807, 2.05) is 19.9 Å². The number of hydrogen-bond acceptors (Lipinski definition) is 4. The van der Waals surface area contributed by atoms with Crippen LogP contribution < -0.4 is 10.1 Å². The summed E-state index contributed by atoms with van der Waals surface area (Å²) in [6.07, 6.45) is 5.55. The van der Waals surface area contributed by atoms with E-state index in [9.17, 15) is 0 Å². The van der Waals surface area contributed by atoms with Crippen LogP contribution in [0.3, 0.4) is 0 Å². The van der Waals surface area contributed by atoms with E-state index in [0.29, 0.717) is 17.8 Å². The summed E-state index contributed by atoms with van der Waals surface area (Å²) in [5.74, 6) is 2.97. The van der Waals surface area contributed by atoms with Gasteiger partial charge in [0.05, 0.1) is 6.10 Å². The highest BCUT2D eigenvalue weighted by Crippen LogP contribution is 2.31. The Kier molecular flexibility index (Phi) is 4.61. The molecule has 0 aromatic carbocycles. The lowest BCUT2D eigenvalue weighted by Crippen LogP contribution is -2.35. The van der Waals surface area contributed by atoms with E-state index in [-0.39, 0.29) is 6.10 Å². The Morgan fingerprint density at radius 2 is 2.05 bits per heavy atom. The molecule has 1 aliphatic rings. The van der Waals surface area contributed by atoms with E-state index < -0.39 is 0 Å². The summed E-state index contributed by atoms with van der Waals surface area (Å²) in [6, 6.07) is 2.40. The fraction of sp³-hybridized carbons (Fsp3) is 0.733. The fourth-order valence-electron chi connectivity index (χ4n) is 2.70. The third-order valence-electron chi connectivity index (χ3n) is 4.04. The fourth-order valence-corrected chi connectivity index (χ4v) is 2.70.